The van der Waals surface area contributed by atoms with Crippen molar-refractivity contribution in [1.82, 2.24) is 10.2 Å². The predicted octanol–water partition coefficient (Wildman–Crippen LogP) is 1.45. The molecule has 2 rings (SSSR count). The molecule has 1 aliphatic rings. The van der Waals surface area contributed by atoms with Crippen LogP contribution < -0.4 is 5.32 Å². The summed E-state index contributed by atoms with van der Waals surface area (Å²) in [7, 11) is -0.836. The van der Waals surface area contributed by atoms with Crippen LogP contribution in [0.15, 0.2) is 24.3 Å². The molecule has 1 aromatic carbocycles. The molecule has 0 aromatic heterocycles. The fourth-order valence-corrected chi connectivity index (χ4v) is 3.06. The van der Waals surface area contributed by atoms with E-state index in [0.29, 0.717) is 24.6 Å². The lowest BCUT2D eigenvalue weighted by molar-refractivity contribution is -0.127. The quantitative estimate of drug-likeness (QED) is 0.864. The van der Waals surface area contributed by atoms with Crippen molar-refractivity contribution in [2.45, 2.75) is 26.4 Å². The number of carbonyl (C=O) groups is 1. The van der Waals surface area contributed by atoms with Crippen LogP contribution in [0.1, 0.15) is 31.1 Å². The average molecular weight is 294 g/mol. The van der Waals surface area contributed by atoms with E-state index >= 15 is 0 Å². The van der Waals surface area contributed by atoms with E-state index in [9.17, 15) is 9.00 Å². The Morgan fingerprint density at radius 3 is 2.60 bits per heavy atom. The Hall–Kier alpha value is -1.20. The number of amides is 1. The molecule has 1 N–H and O–H groups in total. The highest BCUT2D eigenvalue weighted by atomic mass is 32.2. The third kappa shape index (κ3) is 3.46. The van der Waals surface area contributed by atoms with Gasteiger partial charge in [-0.25, -0.2) is 0 Å². The van der Waals surface area contributed by atoms with Gasteiger partial charge in [0.25, 0.3) is 0 Å². The van der Waals surface area contributed by atoms with Gasteiger partial charge in [0, 0.05) is 28.9 Å². The van der Waals surface area contributed by atoms with Crippen molar-refractivity contribution in [2.75, 3.05) is 24.6 Å². The Bertz CT molecular complexity index is 487. The van der Waals surface area contributed by atoms with Crippen molar-refractivity contribution >= 4 is 16.7 Å². The van der Waals surface area contributed by atoms with Gasteiger partial charge in [-0.1, -0.05) is 38.1 Å². The summed E-state index contributed by atoms with van der Waals surface area (Å²) in [5.74, 6) is 1.28. The topological polar surface area (TPSA) is 49.4 Å². The second-order valence-corrected chi connectivity index (χ2v) is 6.76. The van der Waals surface area contributed by atoms with Crippen LogP contribution in [-0.2, 0) is 22.0 Å². The predicted molar refractivity (Wildman–Crippen MR) is 81.8 cm³/mol. The van der Waals surface area contributed by atoms with Crippen LogP contribution in [0.4, 0.5) is 0 Å². The third-order valence-corrected chi connectivity index (χ3v) is 4.95. The lowest BCUT2D eigenvalue weighted by atomic mass is 10.1. The van der Waals surface area contributed by atoms with Gasteiger partial charge >= 0.3 is 0 Å². The van der Waals surface area contributed by atoms with Gasteiger partial charge in [-0.3, -0.25) is 14.3 Å². The summed E-state index contributed by atoms with van der Waals surface area (Å²) in [6, 6.07) is 8.34. The lowest BCUT2D eigenvalue weighted by Gasteiger charge is -2.24. The minimum Gasteiger partial charge on any atom is -0.321 e. The van der Waals surface area contributed by atoms with Crippen molar-refractivity contribution in [3.05, 3.63) is 35.4 Å². The number of hydrogen-bond acceptors (Lipinski definition) is 3. The second kappa shape index (κ2) is 6.99. The maximum atomic E-state index is 11.9. The molecule has 4 nitrogen and oxygen atoms in total. The van der Waals surface area contributed by atoms with Gasteiger partial charge in [0.05, 0.1) is 6.54 Å². The van der Waals surface area contributed by atoms with Gasteiger partial charge in [-0.2, -0.15) is 0 Å². The first-order valence-electron chi connectivity index (χ1n) is 7.12. The van der Waals surface area contributed by atoms with Crippen LogP contribution in [0.25, 0.3) is 0 Å². The molecule has 1 aliphatic heterocycles. The smallest absolute Gasteiger partial charge is 0.238 e. The Morgan fingerprint density at radius 1 is 1.30 bits per heavy atom. The van der Waals surface area contributed by atoms with Gasteiger partial charge in [0.2, 0.25) is 5.91 Å². The average Bonchev–Trinajstić information content (AvgIpc) is 2.86. The van der Waals surface area contributed by atoms with Crippen molar-refractivity contribution in [3.63, 3.8) is 0 Å². The van der Waals surface area contributed by atoms with Gasteiger partial charge < -0.3 is 4.90 Å². The molecule has 2 unspecified atom stereocenters. The highest BCUT2D eigenvalue weighted by Gasteiger charge is 2.31. The molecule has 1 heterocycles. The van der Waals surface area contributed by atoms with E-state index in [0.717, 1.165) is 12.0 Å². The van der Waals surface area contributed by atoms with Gasteiger partial charge in [-0.15, -0.1) is 0 Å². The van der Waals surface area contributed by atoms with E-state index in [-0.39, 0.29) is 12.1 Å². The Labute approximate surface area is 123 Å². The molecule has 2 atom stereocenters. The summed E-state index contributed by atoms with van der Waals surface area (Å²) in [4.78, 5) is 13.7. The molecule has 1 amide bonds. The van der Waals surface area contributed by atoms with Crippen LogP contribution in [0.3, 0.4) is 0 Å². The normalized spacial score (nSPS) is 20.4. The lowest BCUT2D eigenvalue weighted by Crippen LogP contribution is -2.33. The summed E-state index contributed by atoms with van der Waals surface area (Å²) in [6.07, 6.45) is 0.929. The first-order chi connectivity index (χ1) is 9.65. The van der Waals surface area contributed by atoms with E-state index in [1.807, 2.05) is 6.92 Å². The van der Waals surface area contributed by atoms with Crippen LogP contribution in [0.5, 0.6) is 0 Å². The summed E-state index contributed by atoms with van der Waals surface area (Å²) in [5.41, 5.74) is 2.38. The summed E-state index contributed by atoms with van der Waals surface area (Å²) in [5, 5.41) is 3.23. The molecular formula is C15H22N2O2S. The Kier molecular flexibility index (Phi) is 5.31. The molecular weight excluding hydrogens is 272 g/mol. The zero-order valence-corrected chi connectivity index (χ0v) is 12.9. The molecule has 0 saturated carbocycles. The highest BCUT2D eigenvalue weighted by Crippen LogP contribution is 2.22. The van der Waals surface area contributed by atoms with E-state index in [4.69, 9.17) is 0 Å². The van der Waals surface area contributed by atoms with Crippen molar-refractivity contribution in [2.24, 2.45) is 0 Å². The van der Waals surface area contributed by atoms with E-state index < -0.39 is 10.8 Å². The summed E-state index contributed by atoms with van der Waals surface area (Å²) < 4.78 is 11.6. The van der Waals surface area contributed by atoms with Crippen molar-refractivity contribution < 1.29 is 9.00 Å². The summed E-state index contributed by atoms with van der Waals surface area (Å²) >= 11 is 0. The SMILES string of the molecule is CCc1ccc(C2NCC(=O)N2CCS(=O)CC)cc1. The first kappa shape index (κ1) is 15.2. The molecule has 0 spiro atoms. The van der Waals surface area contributed by atoms with Crippen LogP contribution in [0, 0.1) is 0 Å². The number of hydrogen-bond donors (Lipinski definition) is 1. The number of carbonyl (C=O) groups excluding carboxylic acids is 1. The molecule has 20 heavy (non-hydrogen) atoms. The monoisotopic (exact) mass is 294 g/mol. The second-order valence-electron chi connectivity index (χ2n) is 4.90. The number of benzene rings is 1. The maximum absolute atomic E-state index is 11.9. The molecule has 1 fully saturated rings. The Balaban J connectivity index is 2.08. The highest BCUT2D eigenvalue weighted by molar-refractivity contribution is 7.84. The van der Waals surface area contributed by atoms with Crippen LogP contribution in [0.2, 0.25) is 0 Å². The fourth-order valence-electron chi connectivity index (χ4n) is 2.37. The molecule has 1 aromatic rings. The third-order valence-electron chi connectivity index (χ3n) is 3.66. The molecule has 0 bridgehead atoms. The van der Waals surface area contributed by atoms with E-state index in [2.05, 4.69) is 36.5 Å². The largest absolute Gasteiger partial charge is 0.321 e. The standard InChI is InChI=1S/C15H22N2O2S/c1-3-12-5-7-13(8-6-12)15-16-11-14(18)17(15)9-10-20(19)4-2/h5-8,15-16H,3-4,9-11H2,1-2H3. The first-order valence-corrected chi connectivity index (χ1v) is 8.61. The number of aryl methyl sites for hydroxylation is 1. The molecule has 0 radical (unpaired) electrons. The van der Waals surface area contributed by atoms with Crippen LogP contribution >= 0.6 is 0 Å². The maximum Gasteiger partial charge on any atom is 0.238 e. The van der Waals surface area contributed by atoms with Gasteiger partial charge in [0.15, 0.2) is 0 Å². The summed E-state index contributed by atoms with van der Waals surface area (Å²) in [6.45, 7) is 4.94. The minimum atomic E-state index is -0.836. The minimum absolute atomic E-state index is 0.0812. The number of rotatable bonds is 6. The van der Waals surface area contributed by atoms with Gasteiger partial charge in [0.1, 0.15) is 6.17 Å². The van der Waals surface area contributed by atoms with Gasteiger partial charge in [-0.05, 0) is 17.5 Å². The van der Waals surface area contributed by atoms with Crippen molar-refractivity contribution in [1.29, 1.82) is 0 Å². The zero-order valence-electron chi connectivity index (χ0n) is 12.1. The molecule has 1 saturated heterocycles. The Morgan fingerprint density at radius 2 is 2.00 bits per heavy atom. The van der Waals surface area contributed by atoms with Crippen molar-refractivity contribution in [3.8, 4) is 0 Å². The fraction of sp³-hybridized carbons (Fsp3) is 0.533. The molecule has 110 valence electrons. The molecule has 5 heteroatoms. The number of nitrogens with zero attached hydrogens (tertiary/aromatic N) is 1. The van der Waals surface area contributed by atoms with E-state index in [1.54, 1.807) is 4.90 Å². The zero-order chi connectivity index (χ0) is 14.5. The van der Waals surface area contributed by atoms with E-state index in [1.165, 1.54) is 5.56 Å². The number of nitrogens with one attached hydrogen (secondary N) is 1. The van der Waals surface area contributed by atoms with Crippen LogP contribution in [-0.4, -0.2) is 39.6 Å². The molecule has 0 aliphatic carbocycles.